The number of carbonyl (C=O) groups is 2. The Morgan fingerprint density at radius 3 is 1.83 bits per heavy atom. The molecule has 1 aliphatic heterocycles. The van der Waals surface area contributed by atoms with E-state index in [0.29, 0.717) is 28.7 Å². The summed E-state index contributed by atoms with van der Waals surface area (Å²) in [5, 5.41) is 9.01. The van der Waals surface area contributed by atoms with Gasteiger partial charge in [-0.15, -0.1) is 0 Å². The first-order valence-corrected chi connectivity index (χ1v) is 16.9. The second-order valence-electron chi connectivity index (χ2n) is 13.3. The summed E-state index contributed by atoms with van der Waals surface area (Å²) in [7, 11) is 0. The number of rotatable bonds is 6. The van der Waals surface area contributed by atoms with Crippen molar-refractivity contribution in [2.24, 2.45) is 5.92 Å². The van der Waals surface area contributed by atoms with Crippen LogP contribution in [0.25, 0.3) is 0 Å². The van der Waals surface area contributed by atoms with E-state index in [-0.39, 0.29) is 23.8 Å². The molecule has 4 unspecified atom stereocenters. The van der Waals surface area contributed by atoms with Crippen LogP contribution >= 0.6 is 0 Å². The van der Waals surface area contributed by atoms with Gasteiger partial charge in [0.1, 0.15) is 23.2 Å². The van der Waals surface area contributed by atoms with Crippen LogP contribution in [0, 0.1) is 5.92 Å². The highest BCUT2D eigenvalue weighted by Gasteiger charge is 2.36. The molecule has 4 aromatic carbocycles. The number of ether oxygens (including phenoxy) is 2. The molecule has 0 saturated carbocycles. The molecule has 0 radical (unpaired) electrons. The molecule has 0 aromatic heterocycles. The van der Waals surface area contributed by atoms with E-state index in [2.05, 4.69) is 39.8 Å². The van der Waals surface area contributed by atoms with Gasteiger partial charge in [0.15, 0.2) is 5.78 Å². The first kappa shape index (κ1) is 35.5. The van der Waals surface area contributed by atoms with Crippen molar-refractivity contribution >= 4 is 11.8 Å². The quantitative estimate of drug-likeness (QED) is 0.214. The van der Waals surface area contributed by atoms with Crippen LogP contribution < -0.4 is 4.74 Å². The highest BCUT2D eigenvalue weighted by Crippen LogP contribution is 2.33. The van der Waals surface area contributed by atoms with Gasteiger partial charge in [-0.25, -0.2) is 4.79 Å². The van der Waals surface area contributed by atoms with Gasteiger partial charge in [0.25, 0.3) is 0 Å². The summed E-state index contributed by atoms with van der Waals surface area (Å²) >= 11 is 0. The van der Waals surface area contributed by atoms with Crippen molar-refractivity contribution in [2.45, 2.75) is 97.7 Å². The average molecular weight is 635 g/mol. The fraction of sp³-hybridized carbons (Fsp3) is 0.381. The number of Topliss-reactive ketones (excluding diaryl/α,β-unsaturated/α-hetero) is 1. The Kier molecular flexibility index (Phi) is 12.0. The van der Waals surface area contributed by atoms with E-state index in [0.717, 1.165) is 31.4 Å². The zero-order chi connectivity index (χ0) is 34.1. The molecule has 0 bridgehead atoms. The summed E-state index contributed by atoms with van der Waals surface area (Å²) in [6, 6.07) is 31.0. The molecular formula is C42H50O5. The fourth-order valence-electron chi connectivity index (χ4n) is 5.88. The summed E-state index contributed by atoms with van der Waals surface area (Å²) in [4.78, 5) is 24.2. The second kappa shape index (κ2) is 15.9. The molecule has 6 rings (SSSR count). The van der Waals surface area contributed by atoms with Crippen molar-refractivity contribution in [3.05, 3.63) is 130 Å². The number of phenols is 1. The summed E-state index contributed by atoms with van der Waals surface area (Å²) in [6.07, 6.45) is 3.81. The molecule has 5 heteroatoms. The van der Waals surface area contributed by atoms with Crippen LogP contribution in [-0.2, 0) is 17.6 Å². The number of hydrogen-bond donors (Lipinski definition) is 1. The van der Waals surface area contributed by atoms with Gasteiger partial charge in [0, 0.05) is 12.8 Å². The molecule has 1 heterocycles. The van der Waals surface area contributed by atoms with Crippen molar-refractivity contribution < 1.29 is 24.2 Å². The van der Waals surface area contributed by atoms with Gasteiger partial charge in [0.2, 0.25) is 0 Å². The van der Waals surface area contributed by atoms with E-state index in [4.69, 9.17) is 14.6 Å². The molecule has 1 aliphatic carbocycles. The summed E-state index contributed by atoms with van der Waals surface area (Å²) in [6.45, 7) is 14.6. The van der Waals surface area contributed by atoms with Gasteiger partial charge in [-0.2, -0.15) is 0 Å². The zero-order valence-corrected chi connectivity index (χ0v) is 29.0. The molecule has 248 valence electrons. The first-order valence-electron chi connectivity index (χ1n) is 16.9. The van der Waals surface area contributed by atoms with E-state index < -0.39 is 5.60 Å². The topological polar surface area (TPSA) is 72.8 Å². The van der Waals surface area contributed by atoms with E-state index in [1.165, 1.54) is 22.3 Å². The SMILES string of the molecule is CC1Oc2ccccc2C(=O)C1C.CCC(C)c1ccc(C(=O)OC2(C)Cc3ccccc3C2)cc1.CCC(C)c1ccc(O)cc1. The molecule has 47 heavy (non-hydrogen) atoms. The number of esters is 1. The maximum absolute atomic E-state index is 12.5. The van der Waals surface area contributed by atoms with Crippen molar-refractivity contribution in [2.75, 3.05) is 0 Å². The molecule has 4 atom stereocenters. The predicted octanol–water partition coefficient (Wildman–Crippen LogP) is 10.1. The Balaban J connectivity index is 0.000000176. The minimum atomic E-state index is -0.434. The Hall–Kier alpha value is -4.38. The lowest BCUT2D eigenvalue weighted by Gasteiger charge is -2.27. The smallest absolute Gasteiger partial charge is 0.338 e. The van der Waals surface area contributed by atoms with Crippen LogP contribution in [0.3, 0.4) is 0 Å². The second-order valence-corrected chi connectivity index (χ2v) is 13.3. The summed E-state index contributed by atoms with van der Waals surface area (Å²) in [5.41, 5.74) is 6.05. The zero-order valence-electron chi connectivity index (χ0n) is 29.0. The average Bonchev–Trinajstić information content (AvgIpc) is 3.43. The van der Waals surface area contributed by atoms with Crippen molar-refractivity contribution in [1.82, 2.24) is 0 Å². The fourth-order valence-corrected chi connectivity index (χ4v) is 5.88. The maximum atomic E-state index is 12.5. The standard InChI is InChI=1S/C21H24O2.C11H12O2.C10H14O/c1-4-15(2)16-9-11-17(12-10-16)20(22)23-21(3)13-18-7-5-6-8-19(18)14-21;1-7-8(2)13-10-6-4-3-5-9(10)11(7)12;1-3-8(2)9-4-6-10(11)7-5-9/h5-12,15H,4,13-14H2,1-3H3;3-8H,1-2H3;4-8,11H,3H2,1-2H3. The summed E-state index contributed by atoms with van der Waals surface area (Å²) in [5.74, 6) is 2.10. The molecule has 4 aromatic rings. The maximum Gasteiger partial charge on any atom is 0.338 e. The minimum absolute atomic E-state index is 0.0117. The monoisotopic (exact) mass is 634 g/mol. The minimum Gasteiger partial charge on any atom is -0.508 e. The Morgan fingerprint density at radius 1 is 0.809 bits per heavy atom. The predicted molar refractivity (Wildman–Crippen MR) is 190 cm³/mol. The molecule has 1 N–H and O–H groups in total. The number of fused-ring (bicyclic) bond motifs is 2. The van der Waals surface area contributed by atoms with Crippen molar-refractivity contribution in [3.63, 3.8) is 0 Å². The van der Waals surface area contributed by atoms with E-state index in [9.17, 15) is 9.59 Å². The molecular weight excluding hydrogens is 584 g/mol. The van der Waals surface area contributed by atoms with Crippen molar-refractivity contribution in [3.8, 4) is 11.5 Å². The number of hydrogen-bond acceptors (Lipinski definition) is 5. The lowest BCUT2D eigenvalue weighted by atomic mass is 9.92. The Labute approximate surface area is 281 Å². The van der Waals surface area contributed by atoms with Crippen LogP contribution in [0.4, 0.5) is 0 Å². The number of aromatic hydroxyl groups is 1. The third-order valence-electron chi connectivity index (χ3n) is 9.57. The third kappa shape index (κ3) is 9.12. The molecule has 0 spiro atoms. The van der Waals surface area contributed by atoms with Gasteiger partial charge >= 0.3 is 5.97 Å². The van der Waals surface area contributed by atoms with Crippen LogP contribution in [-0.4, -0.2) is 28.6 Å². The Bertz CT molecular complexity index is 1600. The number of ketones is 1. The van der Waals surface area contributed by atoms with Crippen LogP contribution in [0.1, 0.15) is 116 Å². The first-order chi connectivity index (χ1) is 22.4. The highest BCUT2D eigenvalue weighted by atomic mass is 16.6. The Morgan fingerprint density at radius 2 is 1.30 bits per heavy atom. The summed E-state index contributed by atoms with van der Waals surface area (Å²) < 4.78 is 11.4. The lowest BCUT2D eigenvalue weighted by molar-refractivity contribution is -0.00455. The number of carbonyl (C=O) groups excluding carboxylic acids is 2. The molecule has 0 saturated heterocycles. The normalized spacial score (nSPS) is 18.5. The van der Waals surface area contributed by atoms with Gasteiger partial charge in [-0.05, 0) is 97.2 Å². The molecule has 0 amide bonds. The highest BCUT2D eigenvalue weighted by molar-refractivity contribution is 6.01. The molecule has 2 aliphatic rings. The largest absolute Gasteiger partial charge is 0.508 e. The molecule has 0 fully saturated rings. The van der Waals surface area contributed by atoms with Crippen LogP contribution in [0.5, 0.6) is 11.5 Å². The number of para-hydroxylation sites is 1. The van der Waals surface area contributed by atoms with Gasteiger partial charge in [0.05, 0.1) is 17.0 Å². The van der Waals surface area contributed by atoms with Gasteiger partial charge in [-0.1, -0.05) is 95.3 Å². The van der Waals surface area contributed by atoms with Gasteiger partial charge in [-0.3, -0.25) is 4.79 Å². The van der Waals surface area contributed by atoms with E-state index in [1.807, 2.05) is 93.6 Å². The lowest BCUT2D eigenvalue weighted by Crippen LogP contribution is -2.33. The number of benzene rings is 4. The van der Waals surface area contributed by atoms with Crippen molar-refractivity contribution in [1.29, 1.82) is 0 Å². The third-order valence-corrected chi connectivity index (χ3v) is 9.57. The van der Waals surface area contributed by atoms with Crippen LogP contribution in [0.15, 0.2) is 97.1 Å². The van der Waals surface area contributed by atoms with E-state index in [1.54, 1.807) is 12.1 Å². The number of phenolic OH excluding ortho intramolecular Hbond substituents is 1. The molecule has 5 nitrogen and oxygen atoms in total. The van der Waals surface area contributed by atoms with Gasteiger partial charge < -0.3 is 14.6 Å². The van der Waals surface area contributed by atoms with E-state index >= 15 is 0 Å². The van der Waals surface area contributed by atoms with Crippen LogP contribution in [0.2, 0.25) is 0 Å².